The Morgan fingerprint density at radius 1 is 1.13 bits per heavy atom. The molecule has 0 aliphatic carbocycles. The molecule has 15 heavy (non-hydrogen) atoms. The summed E-state index contributed by atoms with van der Waals surface area (Å²) in [5.41, 5.74) is 0. The van der Waals surface area contributed by atoms with Gasteiger partial charge in [-0.25, -0.2) is 0 Å². The third-order valence-electron chi connectivity index (χ3n) is 3.80. The van der Waals surface area contributed by atoms with Crippen molar-refractivity contribution >= 4 is 0 Å². The molecule has 90 valence electrons. The molecule has 0 amide bonds. The molecule has 0 radical (unpaired) electrons. The van der Waals surface area contributed by atoms with Crippen molar-refractivity contribution in [2.75, 3.05) is 19.6 Å². The molecule has 2 heteroatoms. The molecule has 0 spiro atoms. The summed E-state index contributed by atoms with van der Waals surface area (Å²) < 4.78 is 0. The Hall–Kier alpha value is -0.0800. The van der Waals surface area contributed by atoms with Crippen molar-refractivity contribution in [3.63, 3.8) is 0 Å². The molecule has 0 saturated carbocycles. The summed E-state index contributed by atoms with van der Waals surface area (Å²) in [6.07, 6.45) is 4.07. The third kappa shape index (κ3) is 4.12. The quantitative estimate of drug-likeness (QED) is 0.728. The molecule has 1 rings (SSSR count). The van der Waals surface area contributed by atoms with E-state index in [9.17, 15) is 0 Å². The van der Waals surface area contributed by atoms with Crippen LogP contribution in [-0.4, -0.2) is 36.6 Å². The van der Waals surface area contributed by atoms with Gasteiger partial charge in [0.05, 0.1) is 0 Å². The second-order valence-electron chi connectivity index (χ2n) is 5.25. The topological polar surface area (TPSA) is 15.3 Å². The predicted octanol–water partition coefficient (Wildman–Crippen LogP) is 2.49. The van der Waals surface area contributed by atoms with Gasteiger partial charge in [-0.3, -0.25) is 4.90 Å². The maximum Gasteiger partial charge on any atom is 0.0218 e. The highest BCUT2D eigenvalue weighted by Crippen LogP contribution is 2.13. The zero-order chi connectivity index (χ0) is 11.3. The van der Waals surface area contributed by atoms with Crippen LogP contribution in [0.4, 0.5) is 0 Å². The van der Waals surface area contributed by atoms with Crippen molar-refractivity contribution in [3.05, 3.63) is 0 Å². The van der Waals surface area contributed by atoms with E-state index in [1.54, 1.807) is 0 Å². The van der Waals surface area contributed by atoms with Gasteiger partial charge in [0.2, 0.25) is 0 Å². The zero-order valence-corrected chi connectivity index (χ0v) is 10.9. The van der Waals surface area contributed by atoms with E-state index in [-0.39, 0.29) is 0 Å². The number of likely N-dealkylation sites (tertiary alicyclic amines) is 1. The minimum absolute atomic E-state index is 0.640. The van der Waals surface area contributed by atoms with E-state index in [1.165, 1.54) is 32.4 Å². The molecule has 1 heterocycles. The predicted molar refractivity (Wildman–Crippen MR) is 67.2 cm³/mol. The molecular weight excluding hydrogens is 184 g/mol. The van der Waals surface area contributed by atoms with Crippen LogP contribution in [0.1, 0.15) is 47.0 Å². The molecule has 2 unspecified atom stereocenters. The van der Waals surface area contributed by atoms with Crippen LogP contribution in [0.3, 0.4) is 0 Å². The molecule has 0 bridgehead atoms. The average molecular weight is 212 g/mol. The Labute approximate surface area is 95.4 Å². The Morgan fingerprint density at radius 3 is 2.20 bits per heavy atom. The molecule has 0 aromatic carbocycles. The SMILES string of the molecule is CCC(CNC(C)C(C)C)N1CCCC1. The van der Waals surface area contributed by atoms with Crippen molar-refractivity contribution in [1.29, 1.82) is 0 Å². The smallest absolute Gasteiger partial charge is 0.0218 e. The number of nitrogens with zero attached hydrogens (tertiary/aromatic N) is 1. The van der Waals surface area contributed by atoms with Gasteiger partial charge in [-0.15, -0.1) is 0 Å². The number of hydrogen-bond donors (Lipinski definition) is 1. The second kappa shape index (κ2) is 6.49. The largest absolute Gasteiger partial charge is 0.312 e. The number of hydrogen-bond acceptors (Lipinski definition) is 2. The first-order chi connectivity index (χ1) is 7.15. The van der Waals surface area contributed by atoms with E-state index >= 15 is 0 Å². The van der Waals surface area contributed by atoms with Crippen LogP contribution in [0, 0.1) is 5.92 Å². The Balaban J connectivity index is 2.27. The van der Waals surface area contributed by atoms with Gasteiger partial charge < -0.3 is 5.32 Å². The molecule has 1 N–H and O–H groups in total. The summed E-state index contributed by atoms with van der Waals surface area (Å²) in [5, 5.41) is 3.67. The van der Waals surface area contributed by atoms with Gasteiger partial charge in [-0.05, 0) is 45.2 Å². The number of rotatable bonds is 6. The van der Waals surface area contributed by atoms with Crippen LogP contribution >= 0.6 is 0 Å². The van der Waals surface area contributed by atoms with Crippen LogP contribution in [0.15, 0.2) is 0 Å². The average Bonchev–Trinajstić information content (AvgIpc) is 2.71. The molecule has 0 aromatic rings. The molecule has 2 atom stereocenters. The lowest BCUT2D eigenvalue weighted by Gasteiger charge is -2.29. The lowest BCUT2D eigenvalue weighted by Crippen LogP contribution is -2.44. The maximum absolute atomic E-state index is 3.67. The minimum atomic E-state index is 0.640. The summed E-state index contributed by atoms with van der Waals surface area (Å²) in [6.45, 7) is 13.0. The normalized spacial score (nSPS) is 22.2. The lowest BCUT2D eigenvalue weighted by molar-refractivity contribution is 0.220. The highest BCUT2D eigenvalue weighted by molar-refractivity contribution is 4.78. The maximum atomic E-state index is 3.67. The minimum Gasteiger partial charge on any atom is -0.312 e. The van der Waals surface area contributed by atoms with Crippen LogP contribution in [0.2, 0.25) is 0 Å². The van der Waals surface area contributed by atoms with E-state index in [0.717, 1.165) is 18.5 Å². The zero-order valence-electron chi connectivity index (χ0n) is 10.9. The molecule has 1 fully saturated rings. The summed E-state index contributed by atoms with van der Waals surface area (Å²) in [4.78, 5) is 2.65. The van der Waals surface area contributed by atoms with Gasteiger partial charge in [-0.1, -0.05) is 20.8 Å². The van der Waals surface area contributed by atoms with E-state index in [2.05, 4.69) is 37.9 Å². The summed E-state index contributed by atoms with van der Waals surface area (Å²) in [7, 11) is 0. The van der Waals surface area contributed by atoms with Crippen molar-refractivity contribution in [2.45, 2.75) is 59.0 Å². The molecule has 1 aliphatic heterocycles. The first-order valence-electron chi connectivity index (χ1n) is 6.62. The summed E-state index contributed by atoms with van der Waals surface area (Å²) >= 11 is 0. The molecule has 1 aliphatic rings. The van der Waals surface area contributed by atoms with E-state index in [0.29, 0.717) is 6.04 Å². The summed E-state index contributed by atoms with van der Waals surface area (Å²) in [5.74, 6) is 0.737. The van der Waals surface area contributed by atoms with Crippen LogP contribution in [0.25, 0.3) is 0 Å². The Kier molecular flexibility index (Phi) is 5.62. The molecular formula is C13H28N2. The van der Waals surface area contributed by atoms with Gasteiger partial charge in [0.15, 0.2) is 0 Å². The fourth-order valence-corrected chi connectivity index (χ4v) is 2.20. The van der Waals surface area contributed by atoms with E-state index < -0.39 is 0 Å². The molecule has 1 saturated heterocycles. The van der Waals surface area contributed by atoms with Gasteiger partial charge in [0.25, 0.3) is 0 Å². The Bertz CT molecular complexity index is 162. The first kappa shape index (κ1) is 13.0. The molecule has 0 aromatic heterocycles. The van der Waals surface area contributed by atoms with Crippen LogP contribution in [0.5, 0.6) is 0 Å². The number of nitrogens with one attached hydrogen (secondary N) is 1. The van der Waals surface area contributed by atoms with Gasteiger partial charge in [0.1, 0.15) is 0 Å². The highest BCUT2D eigenvalue weighted by atomic mass is 15.2. The van der Waals surface area contributed by atoms with Crippen molar-refractivity contribution in [1.82, 2.24) is 10.2 Å². The summed E-state index contributed by atoms with van der Waals surface area (Å²) in [6, 6.07) is 1.40. The van der Waals surface area contributed by atoms with Crippen molar-refractivity contribution < 1.29 is 0 Å². The highest BCUT2D eigenvalue weighted by Gasteiger charge is 2.20. The monoisotopic (exact) mass is 212 g/mol. The standard InChI is InChI=1S/C13H28N2/c1-5-13(15-8-6-7-9-15)10-14-12(4)11(2)3/h11-14H,5-10H2,1-4H3. The van der Waals surface area contributed by atoms with Crippen molar-refractivity contribution in [3.8, 4) is 0 Å². The van der Waals surface area contributed by atoms with Gasteiger partial charge >= 0.3 is 0 Å². The second-order valence-corrected chi connectivity index (χ2v) is 5.25. The van der Waals surface area contributed by atoms with Crippen molar-refractivity contribution in [2.24, 2.45) is 5.92 Å². The van der Waals surface area contributed by atoms with Crippen LogP contribution < -0.4 is 5.32 Å². The molecule has 2 nitrogen and oxygen atoms in total. The third-order valence-corrected chi connectivity index (χ3v) is 3.80. The van der Waals surface area contributed by atoms with E-state index in [4.69, 9.17) is 0 Å². The fraction of sp³-hybridized carbons (Fsp3) is 1.00. The van der Waals surface area contributed by atoms with E-state index in [1.807, 2.05) is 0 Å². The van der Waals surface area contributed by atoms with Gasteiger partial charge in [-0.2, -0.15) is 0 Å². The van der Waals surface area contributed by atoms with Gasteiger partial charge in [0, 0.05) is 18.6 Å². The lowest BCUT2D eigenvalue weighted by atomic mass is 10.1. The Morgan fingerprint density at radius 2 is 1.73 bits per heavy atom. The first-order valence-corrected chi connectivity index (χ1v) is 6.62. The fourth-order valence-electron chi connectivity index (χ4n) is 2.20. The van der Waals surface area contributed by atoms with Crippen LogP contribution in [-0.2, 0) is 0 Å².